The summed E-state index contributed by atoms with van der Waals surface area (Å²) < 4.78 is 50.2. The number of likely N-dealkylation sites (N-methyl/N-ethyl adjacent to an activating group) is 1. The van der Waals surface area contributed by atoms with Gasteiger partial charge in [0.1, 0.15) is 41.0 Å². The van der Waals surface area contributed by atoms with Gasteiger partial charge in [0.25, 0.3) is 5.91 Å². The highest BCUT2D eigenvalue weighted by atomic mass is 19.2. The third-order valence-corrected chi connectivity index (χ3v) is 7.38. The standard InChI is InChI=1S/C31H31F3N8O2/c1-4-39-31(2,3)14-18(15-35)30(43)41-12-6-7-19(16-41)42-29-25(28(36)37-17-38-29)27(40-42)21-11-10-20(13-23(21)33)44-24-9-5-8-22(32)26(24)34/h5,8-11,13-14,17,19,39H,4,6-7,12,16H2,1-3H3,(H2,36,37,38)/b18-14-/t19-/m1/s1. The first kappa shape index (κ1) is 30.5. The van der Waals surface area contributed by atoms with E-state index < -0.39 is 23.0 Å². The van der Waals surface area contributed by atoms with Gasteiger partial charge in [0.05, 0.1) is 11.4 Å². The number of anilines is 1. The number of nitrogens with two attached hydrogens (primary N) is 1. The molecular formula is C31H31F3N8O2. The Kier molecular flexibility index (Phi) is 8.55. The number of carbonyl (C=O) groups is 1. The Hall–Kier alpha value is -4.96. The zero-order valence-corrected chi connectivity index (χ0v) is 24.4. The van der Waals surface area contributed by atoms with E-state index in [4.69, 9.17) is 15.6 Å². The maximum atomic E-state index is 15.5. The molecular weight excluding hydrogens is 573 g/mol. The van der Waals surface area contributed by atoms with Gasteiger partial charge >= 0.3 is 0 Å². The lowest BCUT2D eigenvalue weighted by Crippen LogP contribution is -2.43. The third-order valence-electron chi connectivity index (χ3n) is 7.38. The minimum Gasteiger partial charge on any atom is -0.454 e. The molecule has 1 aliphatic heterocycles. The summed E-state index contributed by atoms with van der Waals surface area (Å²) >= 11 is 0. The number of halogens is 3. The summed E-state index contributed by atoms with van der Waals surface area (Å²) in [6.45, 7) is 7.09. The molecule has 1 amide bonds. The second-order valence-corrected chi connectivity index (χ2v) is 11.0. The predicted molar refractivity (Wildman–Crippen MR) is 158 cm³/mol. The van der Waals surface area contributed by atoms with Crippen LogP contribution in [0.25, 0.3) is 22.3 Å². The predicted octanol–water partition coefficient (Wildman–Crippen LogP) is 5.29. The lowest BCUT2D eigenvalue weighted by atomic mass is 9.99. The Morgan fingerprint density at radius 3 is 2.75 bits per heavy atom. The molecule has 4 aromatic rings. The number of amides is 1. The lowest BCUT2D eigenvalue weighted by Gasteiger charge is -2.33. The number of ether oxygens (including phenoxy) is 1. The van der Waals surface area contributed by atoms with Crippen LogP contribution in [-0.4, -0.2) is 55.7 Å². The Bertz CT molecular complexity index is 1800. The van der Waals surface area contributed by atoms with Gasteiger partial charge < -0.3 is 20.7 Å². The van der Waals surface area contributed by atoms with Gasteiger partial charge in [0, 0.05) is 30.3 Å². The van der Waals surface area contributed by atoms with E-state index in [9.17, 15) is 18.8 Å². The number of likely N-dealkylation sites (tertiary alicyclic amines) is 1. The van der Waals surface area contributed by atoms with Crippen LogP contribution in [0, 0.1) is 28.8 Å². The largest absolute Gasteiger partial charge is 0.454 e. The molecule has 3 N–H and O–H groups in total. The topological polar surface area (TPSA) is 135 Å². The van der Waals surface area contributed by atoms with Gasteiger partial charge in [-0.05, 0) is 63.6 Å². The highest BCUT2D eigenvalue weighted by Crippen LogP contribution is 2.37. The van der Waals surface area contributed by atoms with Crippen LogP contribution in [0.4, 0.5) is 19.0 Å². The van der Waals surface area contributed by atoms with E-state index in [-0.39, 0.29) is 52.6 Å². The van der Waals surface area contributed by atoms with Crippen molar-refractivity contribution in [3.05, 3.63) is 71.8 Å². The van der Waals surface area contributed by atoms with E-state index in [1.165, 1.54) is 30.6 Å². The number of hydrogen-bond donors (Lipinski definition) is 2. The average molecular weight is 605 g/mol. The molecule has 228 valence electrons. The zero-order chi connectivity index (χ0) is 31.6. The summed E-state index contributed by atoms with van der Waals surface area (Å²) in [5.41, 5.74) is 6.30. The van der Waals surface area contributed by atoms with Gasteiger partial charge in [-0.1, -0.05) is 13.0 Å². The second kappa shape index (κ2) is 12.3. The smallest absolute Gasteiger partial charge is 0.264 e. The number of aromatic nitrogens is 4. The summed E-state index contributed by atoms with van der Waals surface area (Å²) in [5, 5.41) is 18.0. The number of benzene rings is 2. The van der Waals surface area contributed by atoms with Gasteiger partial charge in [0.2, 0.25) is 5.82 Å². The number of hydrogen-bond acceptors (Lipinski definition) is 8. The van der Waals surface area contributed by atoms with Crippen LogP contribution in [0.1, 0.15) is 39.7 Å². The van der Waals surface area contributed by atoms with Crippen molar-refractivity contribution in [3.63, 3.8) is 0 Å². The van der Waals surface area contributed by atoms with Crippen molar-refractivity contribution in [1.29, 1.82) is 5.26 Å². The summed E-state index contributed by atoms with van der Waals surface area (Å²) in [6.07, 6.45) is 4.20. The van der Waals surface area contributed by atoms with Crippen molar-refractivity contribution in [2.24, 2.45) is 0 Å². The van der Waals surface area contributed by atoms with Crippen LogP contribution >= 0.6 is 0 Å². The molecule has 1 fully saturated rings. The first-order valence-corrected chi connectivity index (χ1v) is 14.1. The fourth-order valence-corrected chi connectivity index (χ4v) is 5.40. The number of piperidine rings is 1. The molecule has 5 rings (SSSR count). The number of fused-ring (bicyclic) bond motifs is 1. The van der Waals surface area contributed by atoms with E-state index in [2.05, 4.69) is 15.3 Å². The van der Waals surface area contributed by atoms with Gasteiger partial charge in [0.15, 0.2) is 17.2 Å². The number of nitriles is 1. The summed E-state index contributed by atoms with van der Waals surface area (Å²) in [5.74, 6) is -3.77. The molecule has 44 heavy (non-hydrogen) atoms. The monoisotopic (exact) mass is 604 g/mol. The van der Waals surface area contributed by atoms with Crippen molar-refractivity contribution >= 4 is 22.8 Å². The van der Waals surface area contributed by atoms with Crippen molar-refractivity contribution in [2.75, 3.05) is 25.4 Å². The molecule has 3 heterocycles. The molecule has 0 bridgehead atoms. The zero-order valence-electron chi connectivity index (χ0n) is 24.4. The van der Waals surface area contributed by atoms with Gasteiger partial charge in [-0.15, -0.1) is 0 Å². The van der Waals surface area contributed by atoms with Crippen LogP contribution in [-0.2, 0) is 4.79 Å². The lowest BCUT2D eigenvalue weighted by molar-refractivity contribution is -0.128. The molecule has 13 heteroatoms. The molecule has 0 saturated carbocycles. The summed E-state index contributed by atoms with van der Waals surface area (Å²) in [6, 6.07) is 8.99. The number of rotatable bonds is 8. The van der Waals surface area contributed by atoms with Crippen LogP contribution in [0.15, 0.2) is 54.4 Å². The molecule has 0 radical (unpaired) electrons. The quantitative estimate of drug-likeness (QED) is 0.205. The molecule has 1 aliphatic rings. The van der Waals surface area contributed by atoms with Crippen LogP contribution in [0.2, 0.25) is 0 Å². The molecule has 1 saturated heterocycles. The Morgan fingerprint density at radius 2 is 2.02 bits per heavy atom. The molecule has 1 atom stereocenters. The van der Waals surface area contributed by atoms with E-state index in [0.29, 0.717) is 37.0 Å². The van der Waals surface area contributed by atoms with Crippen LogP contribution < -0.4 is 15.8 Å². The van der Waals surface area contributed by atoms with Gasteiger partial charge in [-0.2, -0.15) is 14.8 Å². The molecule has 10 nitrogen and oxygen atoms in total. The Morgan fingerprint density at radius 1 is 1.23 bits per heavy atom. The van der Waals surface area contributed by atoms with Gasteiger partial charge in [-0.3, -0.25) is 4.79 Å². The Labute approximate surface area is 252 Å². The van der Waals surface area contributed by atoms with E-state index in [1.807, 2.05) is 26.8 Å². The van der Waals surface area contributed by atoms with Crippen molar-refractivity contribution in [1.82, 2.24) is 30.0 Å². The summed E-state index contributed by atoms with van der Waals surface area (Å²) in [4.78, 5) is 23.5. The van der Waals surface area contributed by atoms with Crippen molar-refractivity contribution in [3.8, 4) is 28.8 Å². The molecule has 0 unspecified atom stereocenters. The third kappa shape index (κ3) is 6.07. The van der Waals surface area contributed by atoms with E-state index >= 15 is 4.39 Å². The fourth-order valence-electron chi connectivity index (χ4n) is 5.40. The SMILES string of the molecule is CCNC(C)(C)/C=C(/C#N)C(=O)N1CCC[C@@H](n2nc(-c3ccc(Oc4cccc(F)c4F)cc3F)c3c(N)ncnc32)C1. The van der Waals surface area contributed by atoms with E-state index in [0.717, 1.165) is 12.1 Å². The minimum absolute atomic E-state index is 0.0386. The second-order valence-electron chi connectivity index (χ2n) is 11.0. The van der Waals surface area contributed by atoms with Crippen LogP contribution in [0.5, 0.6) is 11.5 Å². The minimum atomic E-state index is -1.19. The first-order valence-electron chi connectivity index (χ1n) is 14.1. The first-order chi connectivity index (χ1) is 21.0. The number of nitrogen functional groups attached to an aromatic ring is 1. The number of carbonyl (C=O) groups excluding carboxylic acids is 1. The van der Waals surface area contributed by atoms with Crippen molar-refractivity contribution in [2.45, 2.75) is 45.2 Å². The average Bonchev–Trinajstić information content (AvgIpc) is 3.39. The Balaban J connectivity index is 1.47. The molecule has 0 spiro atoms. The molecule has 2 aromatic carbocycles. The molecule has 0 aliphatic carbocycles. The van der Waals surface area contributed by atoms with E-state index in [1.54, 1.807) is 15.7 Å². The number of nitrogens with one attached hydrogen (secondary N) is 1. The molecule has 2 aromatic heterocycles. The van der Waals surface area contributed by atoms with Crippen LogP contribution in [0.3, 0.4) is 0 Å². The highest BCUT2D eigenvalue weighted by molar-refractivity contribution is 5.99. The van der Waals surface area contributed by atoms with Gasteiger partial charge in [-0.25, -0.2) is 23.4 Å². The van der Waals surface area contributed by atoms with Crippen molar-refractivity contribution < 1.29 is 22.7 Å². The maximum absolute atomic E-state index is 15.5. The maximum Gasteiger partial charge on any atom is 0.264 e. The normalized spacial score (nSPS) is 15.8. The summed E-state index contributed by atoms with van der Waals surface area (Å²) in [7, 11) is 0. The highest BCUT2D eigenvalue weighted by Gasteiger charge is 2.31. The number of nitrogens with zero attached hydrogens (tertiary/aromatic N) is 6. The fraction of sp³-hybridized carbons (Fsp3) is 0.323.